The zero-order valence-corrected chi connectivity index (χ0v) is 20.1. The highest BCUT2D eigenvalue weighted by atomic mass is 32.2. The van der Waals surface area contributed by atoms with Crippen molar-refractivity contribution in [1.29, 1.82) is 0 Å². The minimum atomic E-state index is -4.03. The standard InChI is InChI=1S/C25H26FN3O4S/c1-16-9-14-19(34(32,33)29-18-12-10-17(26)11-13-18)15-21(16)23(30)27-22-8-6-5-7-20(22)24(31)28-25(2,3)4/h5-15,29H,1-4H3,(H,27,30)(H,28,31). The van der Waals surface area contributed by atoms with Gasteiger partial charge in [0.2, 0.25) is 0 Å². The minimum absolute atomic E-state index is 0.132. The number of hydrogen-bond donors (Lipinski definition) is 3. The molecule has 0 aliphatic rings. The Morgan fingerprint density at radius 1 is 0.853 bits per heavy atom. The second kappa shape index (κ2) is 9.64. The van der Waals surface area contributed by atoms with Crippen LogP contribution < -0.4 is 15.4 Å². The van der Waals surface area contributed by atoms with E-state index in [4.69, 9.17) is 0 Å². The van der Waals surface area contributed by atoms with Crippen LogP contribution >= 0.6 is 0 Å². The summed E-state index contributed by atoms with van der Waals surface area (Å²) in [6.07, 6.45) is 0. The number of aryl methyl sites for hydroxylation is 1. The molecule has 0 atom stereocenters. The van der Waals surface area contributed by atoms with E-state index in [1.165, 1.54) is 30.3 Å². The minimum Gasteiger partial charge on any atom is -0.347 e. The van der Waals surface area contributed by atoms with Gasteiger partial charge in [-0.2, -0.15) is 0 Å². The van der Waals surface area contributed by atoms with Gasteiger partial charge in [-0.05, 0) is 81.8 Å². The van der Waals surface area contributed by atoms with Crippen LogP contribution in [0.15, 0.2) is 71.6 Å². The monoisotopic (exact) mass is 483 g/mol. The van der Waals surface area contributed by atoms with Crippen molar-refractivity contribution in [3.63, 3.8) is 0 Å². The summed E-state index contributed by atoms with van der Waals surface area (Å²) in [5.74, 6) is -1.40. The predicted octanol–water partition coefficient (Wildman–Crippen LogP) is 4.72. The second-order valence-corrected chi connectivity index (χ2v) is 10.5. The van der Waals surface area contributed by atoms with Gasteiger partial charge in [0, 0.05) is 16.8 Å². The Morgan fingerprint density at radius 3 is 2.15 bits per heavy atom. The third-order valence-electron chi connectivity index (χ3n) is 4.77. The number of carbonyl (C=O) groups excluding carboxylic acids is 2. The van der Waals surface area contributed by atoms with E-state index in [1.54, 1.807) is 31.2 Å². The molecule has 3 N–H and O–H groups in total. The number of nitrogens with one attached hydrogen (secondary N) is 3. The van der Waals surface area contributed by atoms with Crippen LogP contribution in [-0.2, 0) is 10.0 Å². The summed E-state index contributed by atoms with van der Waals surface area (Å²) < 4.78 is 41.1. The van der Waals surface area contributed by atoms with Crippen LogP contribution in [0.1, 0.15) is 47.1 Å². The molecule has 3 rings (SSSR count). The molecule has 0 fully saturated rings. The van der Waals surface area contributed by atoms with Crippen LogP contribution in [0.5, 0.6) is 0 Å². The van der Waals surface area contributed by atoms with Gasteiger partial charge in [-0.15, -0.1) is 0 Å². The van der Waals surface area contributed by atoms with Crippen LogP contribution in [0.3, 0.4) is 0 Å². The van der Waals surface area contributed by atoms with Crippen LogP contribution in [-0.4, -0.2) is 25.8 Å². The summed E-state index contributed by atoms with van der Waals surface area (Å²) in [5.41, 5.74) is 0.983. The molecule has 34 heavy (non-hydrogen) atoms. The van der Waals surface area contributed by atoms with E-state index >= 15 is 0 Å². The summed E-state index contributed by atoms with van der Waals surface area (Å²) in [6.45, 7) is 7.22. The molecule has 0 bridgehead atoms. The van der Waals surface area contributed by atoms with Crippen molar-refractivity contribution in [2.75, 3.05) is 10.0 Å². The van der Waals surface area contributed by atoms with Crippen LogP contribution in [0.4, 0.5) is 15.8 Å². The fraction of sp³-hybridized carbons (Fsp3) is 0.200. The molecule has 3 aromatic carbocycles. The highest BCUT2D eigenvalue weighted by Crippen LogP contribution is 2.22. The zero-order valence-electron chi connectivity index (χ0n) is 19.3. The fourth-order valence-corrected chi connectivity index (χ4v) is 4.22. The summed E-state index contributed by atoms with van der Waals surface area (Å²) in [6, 6.07) is 15.6. The Kier molecular flexibility index (Phi) is 7.07. The number of sulfonamides is 1. The van der Waals surface area contributed by atoms with Gasteiger partial charge >= 0.3 is 0 Å². The van der Waals surface area contributed by atoms with Gasteiger partial charge in [-0.3, -0.25) is 14.3 Å². The average molecular weight is 484 g/mol. The first-order chi connectivity index (χ1) is 15.9. The lowest BCUT2D eigenvalue weighted by Gasteiger charge is -2.21. The van der Waals surface area contributed by atoms with Gasteiger partial charge in [0.25, 0.3) is 21.8 Å². The molecule has 3 aromatic rings. The molecule has 0 spiro atoms. The highest BCUT2D eigenvalue weighted by Gasteiger charge is 2.21. The maximum Gasteiger partial charge on any atom is 0.261 e. The summed E-state index contributed by atoms with van der Waals surface area (Å²) >= 11 is 0. The van der Waals surface area contributed by atoms with Crippen molar-refractivity contribution < 1.29 is 22.4 Å². The maximum absolute atomic E-state index is 13.1. The SMILES string of the molecule is Cc1ccc(S(=O)(=O)Nc2ccc(F)cc2)cc1C(=O)Nc1ccccc1C(=O)NC(C)(C)C. The maximum atomic E-state index is 13.1. The summed E-state index contributed by atoms with van der Waals surface area (Å²) in [5, 5.41) is 5.57. The molecule has 2 amide bonds. The van der Waals surface area contributed by atoms with Gasteiger partial charge < -0.3 is 10.6 Å². The number of carbonyl (C=O) groups is 2. The number of amides is 2. The molecule has 0 unspecified atom stereocenters. The Bertz CT molecular complexity index is 1330. The normalized spacial score (nSPS) is 11.6. The van der Waals surface area contributed by atoms with E-state index in [0.717, 1.165) is 12.1 Å². The third kappa shape index (κ3) is 6.20. The smallest absolute Gasteiger partial charge is 0.261 e. The van der Waals surface area contributed by atoms with Gasteiger partial charge in [0.15, 0.2) is 0 Å². The van der Waals surface area contributed by atoms with Gasteiger partial charge in [0.05, 0.1) is 16.1 Å². The molecule has 7 nitrogen and oxygen atoms in total. The van der Waals surface area contributed by atoms with Crippen molar-refractivity contribution >= 4 is 33.2 Å². The Hall–Kier alpha value is -3.72. The van der Waals surface area contributed by atoms with Crippen molar-refractivity contribution in [3.05, 3.63) is 89.2 Å². The first-order valence-electron chi connectivity index (χ1n) is 10.5. The number of para-hydroxylation sites is 1. The van der Waals surface area contributed by atoms with E-state index in [0.29, 0.717) is 11.3 Å². The molecule has 0 aliphatic carbocycles. The molecule has 0 radical (unpaired) electrons. The van der Waals surface area contributed by atoms with Gasteiger partial charge in [-0.1, -0.05) is 18.2 Å². The highest BCUT2D eigenvalue weighted by molar-refractivity contribution is 7.92. The van der Waals surface area contributed by atoms with Crippen LogP contribution in [0.2, 0.25) is 0 Å². The lowest BCUT2D eigenvalue weighted by Crippen LogP contribution is -2.40. The Labute approximate surface area is 198 Å². The first kappa shape index (κ1) is 24.9. The van der Waals surface area contributed by atoms with Crippen molar-refractivity contribution in [2.45, 2.75) is 38.1 Å². The van der Waals surface area contributed by atoms with Gasteiger partial charge in [0.1, 0.15) is 5.82 Å². The number of anilines is 2. The molecule has 0 saturated heterocycles. The Balaban J connectivity index is 1.88. The number of rotatable bonds is 6. The topological polar surface area (TPSA) is 104 Å². The summed E-state index contributed by atoms with van der Waals surface area (Å²) in [7, 11) is -4.03. The fourth-order valence-electron chi connectivity index (χ4n) is 3.13. The predicted molar refractivity (Wildman–Crippen MR) is 130 cm³/mol. The third-order valence-corrected chi connectivity index (χ3v) is 6.15. The lowest BCUT2D eigenvalue weighted by atomic mass is 10.1. The quantitative estimate of drug-likeness (QED) is 0.472. The Morgan fingerprint density at radius 2 is 1.50 bits per heavy atom. The van der Waals surface area contributed by atoms with Crippen molar-refractivity contribution in [1.82, 2.24) is 5.32 Å². The second-order valence-electron chi connectivity index (χ2n) is 8.79. The molecule has 0 saturated carbocycles. The first-order valence-corrected chi connectivity index (χ1v) is 12.0. The van der Waals surface area contributed by atoms with Crippen LogP contribution in [0, 0.1) is 12.7 Å². The molecule has 9 heteroatoms. The molecular weight excluding hydrogens is 457 g/mol. The molecule has 0 aliphatic heterocycles. The zero-order chi connectivity index (χ0) is 25.1. The van der Waals surface area contributed by atoms with Crippen molar-refractivity contribution in [2.24, 2.45) is 0 Å². The number of benzene rings is 3. The van der Waals surface area contributed by atoms with E-state index in [2.05, 4.69) is 15.4 Å². The van der Waals surface area contributed by atoms with Gasteiger partial charge in [-0.25, -0.2) is 12.8 Å². The summed E-state index contributed by atoms with van der Waals surface area (Å²) in [4.78, 5) is 25.6. The lowest BCUT2D eigenvalue weighted by molar-refractivity contribution is 0.0920. The van der Waals surface area contributed by atoms with Crippen LogP contribution in [0.25, 0.3) is 0 Å². The van der Waals surface area contributed by atoms with E-state index in [9.17, 15) is 22.4 Å². The van der Waals surface area contributed by atoms with E-state index < -0.39 is 27.3 Å². The number of halogens is 1. The molecule has 0 heterocycles. The van der Waals surface area contributed by atoms with E-state index in [-0.39, 0.29) is 27.6 Å². The average Bonchev–Trinajstić information content (AvgIpc) is 2.74. The number of hydrogen-bond acceptors (Lipinski definition) is 4. The molecule has 178 valence electrons. The molecule has 0 aromatic heterocycles. The van der Waals surface area contributed by atoms with E-state index in [1.807, 2.05) is 20.8 Å². The molecular formula is C25H26FN3O4S. The largest absolute Gasteiger partial charge is 0.347 e. The van der Waals surface area contributed by atoms with Crippen molar-refractivity contribution in [3.8, 4) is 0 Å².